The summed E-state index contributed by atoms with van der Waals surface area (Å²) in [5, 5.41) is 6.67. The number of halogens is 1. The van der Waals surface area contributed by atoms with Crippen LogP contribution >= 0.6 is 24.0 Å². The number of ether oxygens (including phenoxy) is 3. The van der Waals surface area contributed by atoms with Gasteiger partial charge in [-0.25, -0.2) is 0 Å². The second-order valence-electron chi connectivity index (χ2n) is 7.61. The van der Waals surface area contributed by atoms with Crippen molar-refractivity contribution in [2.75, 3.05) is 54.6 Å². The second kappa shape index (κ2) is 15.0. The highest BCUT2D eigenvalue weighted by atomic mass is 127. The average molecular weight is 563 g/mol. The van der Waals surface area contributed by atoms with Crippen LogP contribution in [0.5, 0.6) is 17.2 Å². The van der Waals surface area contributed by atoms with Gasteiger partial charge in [0.2, 0.25) is 11.7 Å². The second-order valence-corrected chi connectivity index (χ2v) is 7.61. The van der Waals surface area contributed by atoms with Crippen LogP contribution in [0.15, 0.2) is 17.1 Å². The summed E-state index contributed by atoms with van der Waals surface area (Å²) in [4.78, 5) is 18.0. The number of hydrogen-bond donors (Lipinski definition) is 3. The Hall–Kier alpha value is -1.95. The Morgan fingerprint density at radius 1 is 1.09 bits per heavy atom. The van der Waals surface area contributed by atoms with Gasteiger partial charge in [0, 0.05) is 26.1 Å². The molecule has 182 valence electrons. The summed E-state index contributed by atoms with van der Waals surface area (Å²) < 4.78 is 16.2. The fraction of sp³-hybridized carbons (Fsp3) is 0.636. The van der Waals surface area contributed by atoms with Gasteiger partial charge in [-0.05, 0) is 63.0 Å². The Kier molecular flexibility index (Phi) is 13.2. The van der Waals surface area contributed by atoms with Crippen LogP contribution in [0.25, 0.3) is 0 Å². The Balaban J connectivity index is 0.00000512. The molecule has 1 aromatic rings. The molecule has 2 rings (SSSR count). The number of guanidine groups is 1. The van der Waals surface area contributed by atoms with Gasteiger partial charge in [0.1, 0.15) is 0 Å². The van der Waals surface area contributed by atoms with Crippen molar-refractivity contribution >= 4 is 35.8 Å². The van der Waals surface area contributed by atoms with Crippen molar-refractivity contribution in [2.45, 2.75) is 32.2 Å². The smallest absolute Gasteiger partial charge is 0.220 e. The molecular formula is C22H38IN5O4. The van der Waals surface area contributed by atoms with Crippen LogP contribution in [-0.4, -0.2) is 71.3 Å². The van der Waals surface area contributed by atoms with E-state index in [1.54, 1.807) is 28.4 Å². The van der Waals surface area contributed by atoms with Crippen LogP contribution in [0, 0.1) is 5.92 Å². The minimum Gasteiger partial charge on any atom is -0.493 e. The summed E-state index contributed by atoms with van der Waals surface area (Å²) in [5.74, 6) is 2.47. The zero-order chi connectivity index (χ0) is 22.6. The minimum absolute atomic E-state index is 0. The third-order valence-electron chi connectivity index (χ3n) is 5.59. The Labute approximate surface area is 208 Å². The van der Waals surface area contributed by atoms with Crippen LogP contribution in [0.3, 0.4) is 0 Å². The fourth-order valence-corrected chi connectivity index (χ4v) is 3.75. The number of nitrogens with two attached hydrogens (primary N) is 1. The number of benzene rings is 1. The molecule has 1 amide bonds. The number of hydrogen-bond acceptors (Lipinski definition) is 6. The number of aliphatic imine (C=N–C) groups is 1. The molecule has 1 aromatic carbocycles. The lowest BCUT2D eigenvalue weighted by atomic mass is 9.96. The van der Waals surface area contributed by atoms with Gasteiger partial charge >= 0.3 is 0 Å². The molecule has 1 aliphatic heterocycles. The Bertz CT molecular complexity index is 714. The maximum atomic E-state index is 11.2. The molecule has 0 aliphatic carbocycles. The van der Waals surface area contributed by atoms with E-state index in [-0.39, 0.29) is 35.8 Å². The third kappa shape index (κ3) is 8.53. The van der Waals surface area contributed by atoms with E-state index in [1.807, 2.05) is 12.1 Å². The van der Waals surface area contributed by atoms with Crippen molar-refractivity contribution in [1.29, 1.82) is 0 Å². The van der Waals surface area contributed by atoms with Gasteiger partial charge in [-0.15, -0.1) is 24.0 Å². The first-order valence-corrected chi connectivity index (χ1v) is 10.8. The lowest BCUT2D eigenvalue weighted by molar-refractivity contribution is -0.123. The zero-order valence-electron chi connectivity index (χ0n) is 19.6. The highest BCUT2D eigenvalue weighted by molar-refractivity contribution is 14.0. The number of likely N-dealkylation sites (tertiary alicyclic amines) is 1. The molecule has 32 heavy (non-hydrogen) atoms. The van der Waals surface area contributed by atoms with E-state index in [2.05, 4.69) is 20.5 Å². The topological polar surface area (TPSA) is 110 Å². The largest absolute Gasteiger partial charge is 0.493 e. The molecular weight excluding hydrogens is 525 g/mol. The Morgan fingerprint density at radius 2 is 1.72 bits per heavy atom. The number of carbonyl (C=O) groups is 1. The van der Waals surface area contributed by atoms with Crippen LogP contribution in [0.1, 0.15) is 31.2 Å². The van der Waals surface area contributed by atoms with Crippen LogP contribution in [-0.2, 0) is 11.3 Å². The Morgan fingerprint density at radius 3 is 2.22 bits per heavy atom. The van der Waals surface area contributed by atoms with Crippen molar-refractivity contribution in [3.05, 3.63) is 17.7 Å². The van der Waals surface area contributed by atoms with Gasteiger partial charge in [-0.3, -0.25) is 9.79 Å². The molecule has 0 atom stereocenters. The van der Waals surface area contributed by atoms with E-state index >= 15 is 0 Å². The predicted octanol–water partition coefficient (Wildman–Crippen LogP) is 1.97. The minimum atomic E-state index is -0.158. The summed E-state index contributed by atoms with van der Waals surface area (Å²) >= 11 is 0. The number of piperidine rings is 1. The van der Waals surface area contributed by atoms with Crippen LogP contribution in [0.2, 0.25) is 0 Å². The molecule has 0 radical (unpaired) electrons. The number of unbranched alkanes of at least 4 members (excludes halogenated alkanes) is 1. The van der Waals surface area contributed by atoms with Crippen molar-refractivity contribution in [3.63, 3.8) is 0 Å². The molecule has 0 bridgehead atoms. The van der Waals surface area contributed by atoms with Crippen molar-refractivity contribution < 1.29 is 19.0 Å². The number of nitrogens with one attached hydrogen (secondary N) is 2. The highest BCUT2D eigenvalue weighted by Gasteiger charge is 2.22. The number of amides is 1. The van der Waals surface area contributed by atoms with Gasteiger partial charge in [0.25, 0.3) is 0 Å². The molecule has 0 aromatic heterocycles. The first-order chi connectivity index (χ1) is 15.0. The number of carbonyl (C=O) groups excluding carboxylic acids is 1. The first-order valence-electron chi connectivity index (χ1n) is 10.8. The summed E-state index contributed by atoms with van der Waals surface area (Å²) in [7, 11) is 6.56. The van der Waals surface area contributed by atoms with Gasteiger partial charge in [0.05, 0.1) is 21.3 Å². The van der Waals surface area contributed by atoms with E-state index in [1.165, 1.54) is 0 Å². The summed E-state index contributed by atoms with van der Waals surface area (Å²) in [6.45, 7) is 4.38. The molecule has 9 nitrogen and oxygen atoms in total. The number of methoxy groups -OCH3 is 3. The summed E-state index contributed by atoms with van der Waals surface area (Å²) in [6.07, 6.45) is 3.90. The SMILES string of the molecule is CN=C(NCCCCN1CCC(C(N)=O)CC1)NCc1cc(OC)c(OC)c(OC)c1.I. The molecule has 1 aliphatic rings. The van der Waals surface area contributed by atoms with E-state index in [0.29, 0.717) is 23.8 Å². The molecule has 0 unspecified atom stereocenters. The van der Waals surface area contributed by atoms with Gasteiger partial charge in [-0.1, -0.05) is 0 Å². The molecule has 10 heteroatoms. The standard InChI is InChI=1S/C22H37N5O4.HI/c1-24-22(25-9-5-6-10-27-11-7-17(8-12-27)21(23)28)26-15-16-13-18(29-2)20(31-4)19(14-16)30-3;/h13-14,17H,5-12,15H2,1-4H3,(H2,23,28)(H2,24,25,26);1H. The lowest BCUT2D eigenvalue weighted by Crippen LogP contribution is -2.39. The average Bonchev–Trinajstić information content (AvgIpc) is 2.80. The van der Waals surface area contributed by atoms with Crippen LogP contribution in [0.4, 0.5) is 0 Å². The summed E-state index contributed by atoms with van der Waals surface area (Å²) in [6, 6.07) is 3.84. The maximum Gasteiger partial charge on any atom is 0.220 e. The van der Waals surface area contributed by atoms with E-state index in [9.17, 15) is 4.79 Å². The fourth-order valence-electron chi connectivity index (χ4n) is 3.75. The molecule has 1 saturated heterocycles. The van der Waals surface area contributed by atoms with Crippen molar-refractivity contribution in [1.82, 2.24) is 15.5 Å². The molecule has 1 fully saturated rings. The normalized spacial score (nSPS) is 14.9. The third-order valence-corrected chi connectivity index (χ3v) is 5.59. The van der Waals surface area contributed by atoms with E-state index in [0.717, 1.165) is 63.4 Å². The van der Waals surface area contributed by atoms with E-state index < -0.39 is 0 Å². The van der Waals surface area contributed by atoms with E-state index in [4.69, 9.17) is 19.9 Å². The monoisotopic (exact) mass is 563 g/mol. The molecule has 4 N–H and O–H groups in total. The molecule has 0 saturated carbocycles. The number of rotatable bonds is 11. The molecule has 0 spiro atoms. The quantitative estimate of drug-likeness (QED) is 0.164. The number of primary amides is 1. The maximum absolute atomic E-state index is 11.2. The van der Waals surface area contributed by atoms with Gasteiger partial charge in [-0.2, -0.15) is 0 Å². The van der Waals surface area contributed by atoms with Crippen molar-refractivity contribution in [3.8, 4) is 17.2 Å². The highest BCUT2D eigenvalue weighted by Crippen LogP contribution is 2.38. The van der Waals surface area contributed by atoms with Crippen LogP contribution < -0.4 is 30.6 Å². The zero-order valence-corrected chi connectivity index (χ0v) is 21.9. The van der Waals surface area contributed by atoms with Crippen molar-refractivity contribution in [2.24, 2.45) is 16.6 Å². The molecule has 1 heterocycles. The first kappa shape index (κ1) is 28.1. The van der Waals surface area contributed by atoms with Gasteiger partial charge < -0.3 is 35.5 Å². The lowest BCUT2D eigenvalue weighted by Gasteiger charge is -2.30. The number of nitrogens with zero attached hydrogens (tertiary/aromatic N) is 2. The van der Waals surface area contributed by atoms with Gasteiger partial charge in [0.15, 0.2) is 17.5 Å². The predicted molar refractivity (Wildman–Crippen MR) is 137 cm³/mol. The summed E-state index contributed by atoms with van der Waals surface area (Å²) in [5.41, 5.74) is 6.39.